The van der Waals surface area contributed by atoms with Gasteiger partial charge in [-0.15, -0.1) is 0 Å². The smallest absolute Gasteiger partial charge is 0.0741 e. The standard InChI is InChI=1S/C19H26ClN3/c1-13(21)6-4-5-11-22-19-15-7-2-3-8-17(15)23-18-12-14(20)9-10-16(18)19/h9-10,12-13H,2-8,11,21H2,1H3,(H,22,23). The van der Waals surface area contributed by atoms with Crippen LogP contribution in [0.5, 0.6) is 0 Å². The van der Waals surface area contributed by atoms with Crippen LogP contribution in [0, 0.1) is 0 Å². The van der Waals surface area contributed by atoms with Crippen LogP contribution in [0.2, 0.25) is 5.02 Å². The third-order valence-corrected chi connectivity index (χ3v) is 4.85. The number of anilines is 1. The number of aromatic nitrogens is 1. The van der Waals surface area contributed by atoms with Crippen LogP contribution in [0.1, 0.15) is 50.3 Å². The highest BCUT2D eigenvalue weighted by Crippen LogP contribution is 2.34. The van der Waals surface area contributed by atoms with E-state index in [1.165, 1.54) is 41.6 Å². The SMILES string of the molecule is CC(N)CCCCNc1c2c(nc3cc(Cl)ccc13)CCCC2. The van der Waals surface area contributed by atoms with E-state index in [4.69, 9.17) is 22.3 Å². The van der Waals surface area contributed by atoms with E-state index in [2.05, 4.69) is 18.3 Å². The molecule has 0 saturated heterocycles. The molecule has 1 atom stereocenters. The van der Waals surface area contributed by atoms with Crippen molar-refractivity contribution < 1.29 is 0 Å². The van der Waals surface area contributed by atoms with Crippen molar-refractivity contribution >= 4 is 28.2 Å². The fraction of sp³-hybridized carbons (Fsp3) is 0.526. The Bertz CT molecular complexity index is 682. The minimum absolute atomic E-state index is 0.298. The molecule has 0 amide bonds. The highest BCUT2D eigenvalue weighted by Gasteiger charge is 2.18. The summed E-state index contributed by atoms with van der Waals surface area (Å²) in [4.78, 5) is 4.86. The van der Waals surface area contributed by atoms with Crippen molar-refractivity contribution in [1.29, 1.82) is 0 Å². The molecule has 2 aromatic rings. The van der Waals surface area contributed by atoms with Crippen molar-refractivity contribution in [2.75, 3.05) is 11.9 Å². The van der Waals surface area contributed by atoms with Gasteiger partial charge in [-0.25, -0.2) is 0 Å². The molecular weight excluding hydrogens is 306 g/mol. The summed E-state index contributed by atoms with van der Waals surface area (Å²) in [6.07, 6.45) is 8.11. The topological polar surface area (TPSA) is 50.9 Å². The minimum Gasteiger partial charge on any atom is -0.384 e. The Morgan fingerprint density at radius 1 is 1.26 bits per heavy atom. The molecule has 1 aliphatic rings. The Balaban J connectivity index is 1.84. The quantitative estimate of drug-likeness (QED) is 0.754. The first-order chi connectivity index (χ1) is 11.1. The molecule has 0 bridgehead atoms. The van der Waals surface area contributed by atoms with E-state index in [1.807, 2.05) is 12.1 Å². The number of hydrogen-bond donors (Lipinski definition) is 2. The third kappa shape index (κ3) is 3.96. The zero-order valence-electron chi connectivity index (χ0n) is 13.9. The summed E-state index contributed by atoms with van der Waals surface area (Å²) in [5, 5.41) is 5.63. The van der Waals surface area contributed by atoms with E-state index >= 15 is 0 Å². The normalized spacial score (nSPS) is 15.4. The lowest BCUT2D eigenvalue weighted by Gasteiger charge is -2.22. The summed E-state index contributed by atoms with van der Waals surface area (Å²) in [5.41, 5.74) is 10.8. The van der Waals surface area contributed by atoms with Crippen LogP contribution in [0.3, 0.4) is 0 Å². The number of pyridine rings is 1. The first-order valence-electron chi connectivity index (χ1n) is 8.75. The van der Waals surface area contributed by atoms with Crippen molar-refractivity contribution in [3.63, 3.8) is 0 Å². The first-order valence-corrected chi connectivity index (χ1v) is 9.13. The molecule has 0 fully saturated rings. The monoisotopic (exact) mass is 331 g/mol. The van der Waals surface area contributed by atoms with Gasteiger partial charge in [-0.05, 0) is 69.2 Å². The maximum Gasteiger partial charge on any atom is 0.0741 e. The Labute approximate surface area is 143 Å². The van der Waals surface area contributed by atoms with Crippen LogP contribution in [0.15, 0.2) is 18.2 Å². The molecule has 1 heterocycles. The lowest BCUT2D eigenvalue weighted by molar-refractivity contribution is 0.607. The van der Waals surface area contributed by atoms with Crippen molar-refractivity contribution in [2.24, 2.45) is 5.73 Å². The summed E-state index contributed by atoms with van der Waals surface area (Å²) >= 11 is 6.16. The fourth-order valence-corrected chi connectivity index (χ4v) is 3.57. The zero-order valence-corrected chi connectivity index (χ0v) is 14.6. The number of halogens is 1. The van der Waals surface area contributed by atoms with Crippen molar-refractivity contribution in [1.82, 2.24) is 4.98 Å². The molecule has 1 unspecified atom stereocenters. The lowest BCUT2D eigenvalue weighted by atomic mass is 9.92. The average Bonchev–Trinajstić information content (AvgIpc) is 2.53. The number of nitrogens with zero attached hydrogens (tertiary/aromatic N) is 1. The predicted octanol–water partition coefficient (Wildman–Crippen LogP) is 4.70. The second-order valence-electron chi connectivity index (χ2n) is 6.68. The minimum atomic E-state index is 0.298. The molecule has 23 heavy (non-hydrogen) atoms. The first kappa shape index (κ1) is 16.5. The van der Waals surface area contributed by atoms with Crippen LogP contribution >= 0.6 is 11.6 Å². The molecular formula is C19H26ClN3. The van der Waals surface area contributed by atoms with Crippen LogP contribution in [-0.2, 0) is 12.8 Å². The van der Waals surface area contributed by atoms with Crippen LogP contribution in [-0.4, -0.2) is 17.6 Å². The number of nitrogens with one attached hydrogen (secondary N) is 1. The predicted molar refractivity (Wildman–Crippen MR) is 99.4 cm³/mol. The third-order valence-electron chi connectivity index (χ3n) is 4.61. The Morgan fingerprint density at radius 3 is 2.91 bits per heavy atom. The van der Waals surface area contributed by atoms with E-state index in [9.17, 15) is 0 Å². The number of benzene rings is 1. The molecule has 3 rings (SSSR count). The zero-order chi connectivity index (χ0) is 16.2. The van der Waals surface area contributed by atoms with Gasteiger partial charge >= 0.3 is 0 Å². The maximum atomic E-state index is 6.16. The second-order valence-corrected chi connectivity index (χ2v) is 7.12. The van der Waals surface area contributed by atoms with Crippen LogP contribution in [0.4, 0.5) is 5.69 Å². The molecule has 0 radical (unpaired) electrons. The van der Waals surface area contributed by atoms with E-state index in [0.717, 1.165) is 42.8 Å². The van der Waals surface area contributed by atoms with Crippen LogP contribution in [0.25, 0.3) is 10.9 Å². The lowest BCUT2D eigenvalue weighted by Crippen LogP contribution is -2.15. The van der Waals surface area contributed by atoms with Gasteiger partial charge in [0.2, 0.25) is 0 Å². The van der Waals surface area contributed by atoms with E-state index < -0.39 is 0 Å². The number of aryl methyl sites for hydroxylation is 1. The number of fused-ring (bicyclic) bond motifs is 2. The Hall–Kier alpha value is -1.32. The highest BCUT2D eigenvalue weighted by atomic mass is 35.5. The van der Waals surface area contributed by atoms with E-state index in [1.54, 1.807) is 0 Å². The summed E-state index contributed by atoms with van der Waals surface area (Å²) in [6.45, 7) is 3.06. The van der Waals surface area contributed by atoms with Crippen LogP contribution < -0.4 is 11.1 Å². The van der Waals surface area contributed by atoms with E-state index in [-0.39, 0.29) is 0 Å². The number of hydrogen-bond acceptors (Lipinski definition) is 3. The van der Waals surface area contributed by atoms with Gasteiger partial charge in [-0.2, -0.15) is 0 Å². The molecule has 0 aliphatic heterocycles. The number of rotatable bonds is 6. The fourth-order valence-electron chi connectivity index (χ4n) is 3.41. The van der Waals surface area contributed by atoms with Crippen molar-refractivity contribution in [2.45, 2.75) is 57.9 Å². The van der Waals surface area contributed by atoms with Gasteiger partial charge in [0.05, 0.1) is 5.52 Å². The highest BCUT2D eigenvalue weighted by molar-refractivity contribution is 6.31. The van der Waals surface area contributed by atoms with Gasteiger partial charge in [-0.3, -0.25) is 4.98 Å². The second kappa shape index (κ2) is 7.50. The number of nitrogens with two attached hydrogens (primary N) is 1. The summed E-state index contributed by atoms with van der Waals surface area (Å²) < 4.78 is 0. The van der Waals surface area contributed by atoms with Crippen molar-refractivity contribution in [3.05, 3.63) is 34.5 Å². The molecule has 3 nitrogen and oxygen atoms in total. The summed E-state index contributed by atoms with van der Waals surface area (Å²) in [5.74, 6) is 0. The Morgan fingerprint density at radius 2 is 2.09 bits per heavy atom. The molecule has 1 aliphatic carbocycles. The molecule has 1 aromatic carbocycles. The molecule has 1 aromatic heterocycles. The van der Waals surface area contributed by atoms with Gasteiger partial charge in [0.1, 0.15) is 0 Å². The maximum absolute atomic E-state index is 6.16. The van der Waals surface area contributed by atoms with E-state index in [0.29, 0.717) is 6.04 Å². The van der Waals surface area contributed by atoms with Gasteiger partial charge < -0.3 is 11.1 Å². The van der Waals surface area contributed by atoms with Gasteiger partial charge in [0, 0.05) is 34.4 Å². The molecule has 0 spiro atoms. The Kier molecular flexibility index (Phi) is 5.39. The molecule has 4 heteroatoms. The molecule has 0 saturated carbocycles. The van der Waals surface area contributed by atoms with Gasteiger partial charge in [0.15, 0.2) is 0 Å². The summed E-state index contributed by atoms with van der Waals surface area (Å²) in [6, 6.07) is 6.34. The van der Waals surface area contributed by atoms with Gasteiger partial charge in [-0.1, -0.05) is 18.0 Å². The van der Waals surface area contributed by atoms with Gasteiger partial charge in [0.25, 0.3) is 0 Å². The molecule has 3 N–H and O–H groups in total. The summed E-state index contributed by atoms with van der Waals surface area (Å²) in [7, 11) is 0. The molecule has 124 valence electrons. The average molecular weight is 332 g/mol. The number of unbranched alkanes of at least 4 members (excludes halogenated alkanes) is 1. The van der Waals surface area contributed by atoms with Crippen molar-refractivity contribution in [3.8, 4) is 0 Å². The largest absolute Gasteiger partial charge is 0.384 e.